The summed E-state index contributed by atoms with van der Waals surface area (Å²) in [6.07, 6.45) is 0.637. The number of carboxylic acid groups (broad SMARTS) is 1. The molecule has 204 valence electrons. The summed E-state index contributed by atoms with van der Waals surface area (Å²) in [5.41, 5.74) is 4.14. The highest BCUT2D eigenvalue weighted by atomic mass is 16.4. The lowest BCUT2D eigenvalue weighted by molar-refractivity contribution is -0.120. The van der Waals surface area contributed by atoms with E-state index in [0.29, 0.717) is 42.3 Å². The van der Waals surface area contributed by atoms with Crippen molar-refractivity contribution < 1.29 is 19.5 Å². The Bertz CT molecular complexity index is 1510. The maximum Gasteiger partial charge on any atom is 0.335 e. The van der Waals surface area contributed by atoms with E-state index in [1.807, 2.05) is 41.3 Å². The van der Waals surface area contributed by atoms with Crippen molar-refractivity contribution in [2.75, 3.05) is 56.5 Å². The summed E-state index contributed by atoms with van der Waals surface area (Å²) in [5, 5.41) is 12.2. The zero-order valence-corrected chi connectivity index (χ0v) is 22.2. The molecule has 3 aliphatic heterocycles. The molecule has 3 aliphatic rings. The van der Waals surface area contributed by atoms with Crippen LogP contribution < -0.4 is 10.2 Å². The van der Waals surface area contributed by atoms with E-state index in [2.05, 4.69) is 22.2 Å². The number of carboxylic acids is 1. The SMILES string of the molecule is CN1CCN(CC(=O)N2CCc3nc(N=C(c4ccccc4)C4C(=O)Nc5cc(C(=O)O)ccc54)ccc32)CC1. The Morgan fingerprint density at radius 1 is 1.00 bits per heavy atom. The van der Waals surface area contributed by atoms with Crippen LogP contribution >= 0.6 is 0 Å². The van der Waals surface area contributed by atoms with Gasteiger partial charge in [-0.05, 0) is 42.4 Å². The van der Waals surface area contributed by atoms with Gasteiger partial charge in [0.05, 0.1) is 29.2 Å². The summed E-state index contributed by atoms with van der Waals surface area (Å²) >= 11 is 0. The molecule has 1 aromatic heterocycles. The largest absolute Gasteiger partial charge is 0.478 e. The van der Waals surface area contributed by atoms with E-state index < -0.39 is 11.9 Å². The van der Waals surface area contributed by atoms with Gasteiger partial charge in [-0.3, -0.25) is 14.5 Å². The number of aromatic carboxylic acids is 1. The quantitative estimate of drug-likeness (QED) is 0.464. The zero-order chi connectivity index (χ0) is 27.8. The predicted molar refractivity (Wildman–Crippen MR) is 152 cm³/mol. The van der Waals surface area contributed by atoms with Crippen LogP contribution in [0.1, 0.15) is 33.1 Å². The molecule has 2 aromatic carbocycles. The van der Waals surface area contributed by atoms with Gasteiger partial charge in [-0.25, -0.2) is 14.8 Å². The molecule has 6 rings (SSSR count). The first-order valence-electron chi connectivity index (χ1n) is 13.4. The van der Waals surface area contributed by atoms with Gasteiger partial charge in [-0.2, -0.15) is 0 Å². The van der Waals surface area contributed by atoms with Gasteiger partial charge in [-0.1, -0.05) is 36.4 Å². The van der Waals surface area contributed by atoms with Crippen LogP contribution in [0.2, 0.25) is 0 Å². The number of carbonyl (C=O) groups excluding carboxylic acids is 2. The normalized spacial score (nSPS) is 19.3. The third-order valence-electron chi connectivity index (χ3n) is 7.76. The average molecular weight is 539 g/mol. The highest BCUT2D eigenvalue weighted by molar-refractivity contribution is 6.24. The van der Waals surface area contributed by atoms with Crippen LogP contribution in [0.25, 0.3) is 0 Å². The standard InChI is InChI=1S/C30H30N6O4/c1-34-13-15-35(16-14-34)18-26(37)36-12-11-22-24(36)9-10-25(31-22)33-28(19-5-3-2-4-6-19)27-21-8-7-20(30(39)40)17-23(21)32-29(27)38/h2-10,17,27H,11-16,18H2,1H3,(H,32,38)(H,39,40). The molecule has 10 heteroatoms. The van der Waals surface area contributed by atoms with E-state index in [-0.39, 0.29) is 17.4 Å². The van der Waals surface area contributed by atoms with Crippen LogP contribution in [0, 0.1) is 0 Å². The molecule has 2 amide bonds. The van der Waals surface area contributed by atoms with Gasteiger partial charge < -0.3 is 20.2 Å². The minimum absolute atomic E-state index is 0.0753. The van der Waals surface area contributed by atoms with E-state index in [4.69, 9.17) is 9.98 Å². The molecule has 1 saturated heterocycles. The third kappa shape index (κ3) is 4.99. The summed E-state index contributed by atoms with van der Waals surface area (Å²) in [7, 11) is 2.10. The number of anilines is 2. The second-order valence-electron chi connectivity index (χ2n) is 10.4. The van der Waals surface area contributed by atoms with Crippen LogP contribution in [-0.4, -0.2) is 89.7 Å². The molecule has 1 unspecified atom stereocenters. The second-order valence-corrected chi connectivity index (χ2v) is 10.4. The molecular weight excluding hydrogens is 508 g/mol. The minimum Gasteiger partial charge on any atom is -0.478 e. The number of aromatic nitrogens is 1. The minimum atomic E-state index is -1.06. The Labute approximate surface area is 231 Å². The van der Waals surface area contributed by atoms with Crippen molar-refractivity contribution in [3.63, 3.8) is 0 Å². The fraction of sp³-hybridized carbons (Fsp3) is 0.300. The van der Waals surface area contributed by atoms with Gasteiger partial charge >= 0.3 is 5.97 Å². The van der Waals surface area contributed by atoms with Crippen molar-refractivity contribution in [2.24, 2.45) is 4.99 Å². The van der Waals surface area contributed by atoms with E-state index >= 15 is 0 Å². The van der Waals surface area contributed by atoms with E-state index in [1.165, 1.54) is 12.1 Å². The molecule has 0 aliphatic carbocycles. The highest BCUT2D eigenvalue weighted by Gasteiger charge is 2.36. The topological polar surface area (TPSA) is 118 Å². The first kappa shape index (κ1) is 25.8. The number of nitrogens with one attached hydrogen (secondary N) is 1. The average Bonchev–Trinajstić information content (AvgIpc) is 3.53. The Kier molecular flexibility index (Phi) is 6.87. The lowest BCUT2D eigenvalue weighted by Crippen LogP contribution is -2.48. The summed E-state index contributed by atoms with van der Waals surface area (Å²) in [6, 6.07) is 17.7. The Morgan fingerprint density at radius 2 is 1.77 bits per heavy atom. The number of benzene rings is 2. The number of pyridine rings is 1. The smallest absolute Gasteiger partial charge is 0.335 e. The molecule has 0 saturated carbocycles. The molecule has 1 atom stereocenters. The second kappa shape index (κ2) is 10.6. The van der Waals surface area contributed by atoms with Crippen molar-refractivity contribution in [1.29, 1.82) is 0 Å². The highest BCUT2D eigenvalue weighted by Crippen LogP contribution is 2.37. The predicted octanol–water partition coefficient (Wildman–Crippen LogP) is 2.77. The molecule has 2 N–H and O–H groups in total. The molecule has 0 bridgehead atoms. The zero-order valence-electron chi connectivity index (χ0n) is 22.2. The molecular formula is C30H30N6O4. The Balaban J connectivity index is 1.30. The number of amides is 2. The molecule has 40 heavy (non-hydrogen) atoms. The fourth-order valence-corrected chi connectivity index (χ4v) is 5.55. The number of carbonyl (C=O) groups is 3. The van der Waals surface area contributed by atoms with Crippen LogP contribution in [0.3, 0.4) is 0 Å². The van der Waals surface area contributed by atoms with E-state index in [1.54, 1.807) is 12.1 Å². The first-order chi connectivity index (χ1) is 19.4. The van der Waals surface area contributed by atoms with E-state index in [9.17, 15) is 19.5 Å². The summed E-state index contributed by atoms with van der Waals surface area (Å²) in [4.78, 5) is 53.7. The number of aliphatic imine (C=N–C) groups is 1. The number of nitrogens with zero attached hydrogens (tertiary/aromatic N) is 5. The molecule has 10 nitrogen and oxygen atoms in total. The molecule has 1 fully saturated rings. The number of fused-ring (bicyclic) bond motifs is 2. The Morgan fingerprint density at radius 3 is 2.52 bits per heavy atom. The third-order valence-corrected chi connectivity index (χ3v) is 7.76. The van der Waals surface area contributed by atoms with Crippen molar-refractivity contribution in [1.82, 2.24) is 14.8 Å². The summed E-state index contributed by atoms with van der Waals surface area (Å²) in [6.45, 7) is 4.66. The monoisotopic (exact) mass is 538 g/mol. The number of hydrogen-bond donors (Lipinski definition) is 2. The van der Waals surface area contributed by atoms with Gasteiger partial charge in [0.2, 0.25) is 11.8 Å². The molecule has 0 spiro atoms. The number of piperazine rings is 1. The van der Waals surface area contributed by atoms with Crippen molar-refractivity contribution >= 4 is 40.7 Å². The maximum absolute atomic E-state index is 13.2. The van der Waals surface area contributed by atoms with Crippen LogP contribution in [0.5, 0.6) is 0 Å². The number of hydrogen-bond acceptors (Lipinski definition) is 7. The van der Waals surface area contributed by atoms with Crippen LogP contribution in [0.4, 0.5) is 17.2 Å². The molecule has 3 aromatic rings. The first-order valence-corrected chi connectivity index (χ1v) is 13.4. The van der Waals surface area contributed by atoms with Gasteiger partial charge in [0.1, 0.15) is 5.92 Å². The summed E-state index contributed by atoms with van der Waals surface area (Å²) < 4.78 is 0. The lowest BCUT2D eigenvalue weighted by atomic mass is 9.90. The van der Waals surface area contributed by atoms with Gasteiger partial charge in [0, 0.05) is 44.8 Å². The summed E-state index contributed by atoms with van der Waals surface area (Å²) in [5.74, 6) is -1.53. The molecule has 4 heterocycles. The lowest BCUT2D eigenvalue weighted by Gasteiger charge is -2.32. The van der Waals surface area contributed by atoms with Gasteiger partial charge in [0.25, 0.3) is 0 Å². The number of likely N-dealkylation sites (N-methyl/N-ethyl adjacent to an activating group) is 1. The van der Waals surface area contributed by atoms with Crippen molar-refractivity contribution in [3.05, 3.63) is 83.0 Å². The van der Waals surface area contributed by atoms with Gasteiger partial charge in [0.15, 0.2) is 5.82 Å². The maximum atomic E-state index is 13.2. The Hall–Kier alpha value is -4.41. The fourth-order valence-electron chi connectivity index (χ4n) is 5.55. The van der Waals surface area contributed by atoms with Crippen LogP contribution in [0.15, 0.2) is 65.7 Å². The van der Waals surface area contributed by atoms with Crippen LogP contribution in [-0.2, 0) is 16.0 Å². The van der Waals surface area contributed by atoms with Crippen molar-refractivity contribution in [2.45, 2.75) is 12.3 Å². The number of rotatable bonds is 6. The molecule has 0 radical (unpaired) electrons. The van der Waals surface area contributed by atoms with E-state index in [0.717, 1.165) is 43.1 Å². The van der Waals surface area contributed by atoms with Gasteiger partial charge in [-0.15, -0.1) is 0 Å². The van der Waals surface area contributed by atoms with Crippen molar-refractivity contribution in [3.8, 4) is 0 Å².